The Morgan fingerprint density at radius 2 is 1.30 bits per heavy atom. The highest BCUT2D eigenvalue weighted by atomic mass is 16.5. The summed E-state index contributed by atoms with van der Waals surface area (Å²) >= 11 is 0. The predicted octanol–water partition coefficient (Wildman–Crippen LogP) is 5.33. The van der Waals surface area contributed by atoms with Gasteiger partial charge in [0.2, 0.25) is 0 Å². The summed E-state index contributed by atoms with van der Waals surface area (Å²) in [5, 5.41) is 3.25. The lowest BCUT2D eigenvalue weighted by molar-refractivity contribution is -0.141. The molecule has 0 saturated carbocycles. The summed E-state index contributed by atoms with van der Waals surface area (Å²) in [7, 11) is 0. The molecule has 0 fully saturated rings. The van der Waals surface area contributed by atoms with Gasteiger partial charge in [-0.3, -0.25) is 9.97 Å². The minimum absolute atomic E-state index is 0.114. The Balaban J connectivity index is 1.67. The van der Waals surface area contributed by atoms with Gasteiger partial charge >= 0.3 is 11.9 Å². The summed E-state index contributed by atoms with van der Waals surface area (Å²) in [6.07, 6.45) is 11.8. The van der Waals surface area contributed by atoms with Crippen LogP contribution in [0, 0.1) is 11.8 Å². The largest absolute Gasteiger partial charge is 0.462 e. The molecule has 0 bridgehead atoms. The van der Waals surface area contributed by atoms with Gasteiger partial charge in [0.05, 0.1) is 24.4 Å². The van der Waals surface area contributed by atoms with Crippen molar-refractivity contribution in [3.05, 3.63) is 82.7 Å². The number of carbonyl (C=O) groups is 2. The van der Waals surface area contributed by atoms with Crippen molar-refractivity contribution in [3.63, 3.8) is 0 Å². The predicted molar refractivity (Wildman–Crippen MR) is 143 cm³/mol. The van der Waals surface area contributed by atoms with Gasteiger partial charge in [0.15, 0.2) is 0 Å². The fraction of sp³-hybridized carbons (Fsp3) is 0.467. The van der Waals surface area contributed by atoms with Gasteiger partial charge in [-0.15, -0.1) is 0 Å². The van der Waals surface area contributed by atoms with Crippen LogP contribution in [0.1, 0.15) is 64.5 Å². The van der Waals surface area contributed by atoms with Gasteiger partial charge in [-0.2, -0.15) is 0 Å². The van der Waals surface area contributed by atoms with E-state index < -0.39 is 0 Å². The first kappa shape index (κ1) is 28.1. The van der Waals surface area contributed by atoms with E-state index in [9.17, 15) is 9.59 Å². The first-order valence-electron chi connectivity index (χ1n) is 13.3. The zero-order chi connectivity index (χ0) is 26.6. The minimum atomic E-state index is -0.373. The fourth-order valence-electron chi connectivity index (χ4n) is 4.95. The fourth-order valence-corrected chi connectivity index (χ4v) is 4.95. The highest BCUT2D eigenvalue weighted by molar-refractivity contribution is 5.97. The van der Waals surface area contributed by atoms with E-state index in [1.165, 1.54) is 0 Å². The van der Waals surface area contributed by atoms with E-state index in [1.807, 2.05) is 50.5 Å². The number of hydrogen-bond donors (Lipinski definition) is 1. The van der Waals surface area contributed by atoms with Crippen LogP contribution in [0.15, 0.2) is 71.6 Å². The molecule has 198 valence electrons. The summed E-state index contributed by atoms with van der Waals surface area (Å²) in [4.78, 5) is 34.9. The molecule has 0 unspecified atom stereocenters. The van der Waals surface area contributed by atoms with E-state index in [4.69, 9.17) is 9.47 Å². The summed E-state index contributed by atoms with van der Waals surface area (Å²) in [5.41, 5.74) is 4.75. The normalized spacial score (nSPS) is 14.1. The molecule has 7 nitrogen and oxygen atoms in total. The number of ether oxygens (including phenoxy) is 2. The third-order valence-corrected chi connectivity index (χ3v) is 6.90. The summed E-state index contributed by atoms with van der Waals surface area (Å²) < 4.78 is 11.4. The maximum atomic E-state index is 13.3. The minimum Gasteiger partial charge on any atom is -0.462 e. The summed E-state index contributed by atoms with van der Waals surface area (Å²) in [5.74, 6) is -0.999. The summed E-state index contributed by atoms with van der Waals surface area (Å²) in [6, 6.07) is 7.82. The van der Waals surface area contributed by atoms with Gasteiger partial charge in [-0.1, -0.05) is 38.8 Å². The number of pyridine rings is 2. The van der Waals surface area contributed by atoms with Crippen LogP contribution in [0.4, 0.5) is 0 Å². The van der Waals surface area contributed by atoms with Crippen LogP contribution in [0.5, 0.6) is 0 Å². The van der Waals surface area contributed by atoms with Crippen molar-refractivity contribution in [2.45, 2.75) is 66.2 Å². The SMILES string of the molecule is CCC(CC)C1C(C(=O)OCCCc2cccnc2)=C(C)NC(C)=C1C(=O)OCCCc1cccnc1. The van der Waals surface area contributed by atoms with Gasteiger partial charge < -0.3 is 14.8 Å². The quantitative estimate of drug-likeness (QED) is 0.291. The number of allylic oxidation sites excluding steroid dienone is 2. The van der Waals surface area contributed by atoms with Crippen LogP contribution in [-0.2, 0) is 31.9 Å². The van der Waals surface area contributed by atoms with Gasteiger partial charge in [0, 0.05) is 42.1 Å². The molecule has 3 rings (SSSR count). The van der Waals surface area contributed by atoms with E-state index in [1.54, 1.807) is 12.4 Å². The van der Waals surface area contributed by atoms with Crippen molar-refractivity contribution < 1.29 is 19.1 Å². The second kappa shape index (κ2) is 14.3. The van der Waals surface area contributed by atoms with Crippen molar-refractivity contribution in [3.8, 4) is 0 Å². The molecule has 2 aromatic rings. The number of esters is 2. The topological polar surface area (TPSA) is 90.4 Å². The van der Waals surface area contributed by atoms with Crippen molar-refractivity contribution >= 4 is 11.9 Å². The lowest BCUT2D eigenvalue weighted by Crippen LogP contribution is -2.37. The lowest BCUT2D eigenvalue weighted by Gasteiger charge is -2.34. The molecule has 7 heteroatoms. The number of rotatable bonds is 13. The average molecular weight is 506 g/mol. The van der Waals surface area contributed by atoms with Crippen LogP contribution >= 0.6 is 0 Å². The number of hydrogen-bond acceptors (Lipinski definition) is 7. The molecule has 1 aliphatic rings. The second-order valence-corrected chi connectivity index (χ2v) is 9.46. The smallest absolute Gasteiger partial charge is 0.336 e. The van der Waals surface area contributed by atoms with Gasteiger partial charge in [-0.05, 0) is 68.7 Å². The Labute approximate surface area is 220 Å². The molecule has 0 atom stereocenters. The number of nitrogens with zero attached hydrogens (tertiary/aromatic N) is 2. The lowest BCUT2D eigenvalue weighted by atomic mass is 9.74. The molecule has 0 aromatic carbocycles. The molecule has 1 aliphatic heterocycles. The van der Waals surface area contributed by atoms with Crippen molar-refractivity contribution in [1.82, 2.24) is 15.3 Å². The van der Waals surface area contributed by atoms with Crippen LogP contribution in [0.3, 0.4) is 0 Å². The molecule has 0 amide bonds. The number of aromatic nitrogens is 2. The molecular weight excluding hydrogens is 466 g/mol. The van der Waals surface area contributed by atoms with Gasteiger partial charge in [0.1, 0.15) is 0 Å². The Morgan fingerprint density at radius 1 is 0.838 bits per heavy atom. The number of nitrogens with one attached hydrogen (secondary N) is 1. The van der Waals surface area contributed by atoms with Crippen LogP contribution in [0.25, 0.3) is 0 Å². The second-order valence-electron chi connectivity index (χ2n) is 9.46. The number of aryl methyl sites for hydroxylation is 2. The van der Waals surface area contributed by atoms with E-state index in [-0.39, 0.29) is 23.8 Å². The van der Waals surface area contributed by atoms with Gasteiger partial charge in [-0.25, -0.2) is 9.59 Å². The monoisotopic (exact) mass is 505 g/mol. The first-order valence-corrected chi connectivity index (χ1v) is 13.3. The number of carbonyl (C=O) groups excluding carboxylic acids is 2. The molecular formula is C30H39N3O4. The molecule has 0 aliphatic carbocycles. The van der Waals surface area contributed by atoms with Crippen LogP contribution < -0.4 is 5.32 Å². The zero-order valence-electron chi connectivity index (χ0n) is 22.5. The van der Waals surface area contributed by atoms with Gasteiger partial charge in [0.25, 0.3) is 0 Å². The van der Waals surface area contributed by atoms with Crippen LogP contribution in [-0.4, -0.2) is 35.1 Å². The van der Waals surface area contributed by atoms with E-state index in [0.29, 0.717) is 37.2 Å². The Hall–Kier alpha value is -3.48. The molecule has 0 radical (unpaired) electrons. The number of dihydropyridines is 1. The highest BCUT2D eigenvalue weighted by Gasteiger charge is 2.40. The molecule has 2 aromatic heterocycles. The van der Waals surface area contributed by atoms with Crippen LogP contribution in [0.2, 0.25) is 0 Å². The molecule has 0 spiro atoms. The highest BCUT2D eigenvalue weighted by Crippen LogP contribution is 2.39. The zero-order valence-corrected chi connectivity index (χ0v) is 22.5. The Bertz CT molecular complexity index is 1010. The van der Waals surface area contributed by atoms with Crippen molar-refractivity contribution in [2.75, 3.05) is 13.2 Å². The first-order chi connectivity index (χ1) is 18.0. The Kier molecular flexibility index (Phi) is 10.9. The molecule has 3 heterocycles. The maximum Gasteiger partial charge on any atom is 0.336 e. The Morgan fingerprint density at radius 3 is 1.68 bits per heavy atom. The summed E-state index contributed by atoms with van der Waals surface area (Å²) in [6.45, 7) is 8.54. The van der Waals surface area contributed by atoms with E-state index in [0.717, 1.165) is 48.2 Å². The van der Waals surface area contributed by atoms with E-state index in [2.05, 4.69) is 29.1 Å². The third kappa shape index (κ3) is 7.75. The standard InChI is InChI=1S/C30H39N3O4/c1-5-25(6-2)28-26(29(34)36-17-9-13-23-11-7-15-31-19-23)21(3)33-22(4)27(28)30(35)37-18-10-14-24-12-8-16-32-20-24/h7-8,11-12,15-16,19-20,25,28,33H,5-6,9-10,13-14,17-18H2,1-4H3. The van der Waals surface area contributed by atoms with Crippen molar-refractivity contribution in [1.29, 1.82) is 0 Å². The molecule has 0 saturated heterocycles. The van der Waals surface area contributed by atoms with E-state index >= 15 is 0 Å². The molecule has 37 heavy (non-hydrogen) atoms. The molecule has 1 N–H and O–H groups in total. The average Bonchev–Trinajstić information content (AvgIpc) is 2.90. The third-order valence-electron chi connectivity index (χ3n) is 6.90. The van der Waals surface area contributed by atoms with Crippen molar-refractivity contribution in [2.24, 2.45) is 11.8 Å². The maximum absolute atomic E-state index is 13.3.